The molecule has 3 heterocycles. The van der Waals surface area contributed by atoms with Crippen molar-refractivity contribution in [1.82, 2.24) is 9.38 Å². The summed E-state index contributed by atoms with van der Waals surface area (Å²) in [6.45, 7) is 4.20. The van der Waals surface area contributed by atoms with Crippen LogP contribution in [0.15, 0.2) is 60.8 Å². The molecule has 32 heavy (non-hydrogen) atoms. The lowest BCUT2D eigenvalue weighted by atomic mass is 10.0. The third-order valence-corrected chi connectivity index (χ3v) is 6.26. The molecule has 5 heteroatoms. The summed E-state index contributed by atoms with van der Waals surface area (Å²) in [6.07, 6.45) is 4.33. The molecular formula is C27H26N3O2+. The van der Waals surface area contributed by atoms with E-state index >= 15 is 0 Å². The fourth-order valence-electron chi connectivity index (χ4n) is 4.51. The van der Waals surface area contributed by atoms with Crippen molar-refractivity contribution in [3.63, 3.8) is 0 Å². The van der Waals surface area contributed by atoms with Gasteiger partial charge in [0.25, 0.3) is 5.82 Å². The average molecular weight is 425 g/mol. The summed E-state index contributed by atoms with van der Waals surface area (Å²) in [4.78, 5) is 4.93. The molecule has 5 aromatic rings. The lowest BCUT2D eigenvalue weighted by Gasteiger charge is -2.07. The molecule has 0 bridgehead atoms. The van der Waals surface area contributed by atoms with Crippen LogP contribution in [-0.4, -0.2) is 23.6 Å². The van der Waals surface area contributed by atoms with E-state index in [4.69, 9.17) is 14.5 Å². The van der Waals surface area contributed by atoms with Crippen LogP contribution in [-0.2, 0) is 7.05 Å². The summed E-state index contributed by atoms with van der Waals surface area (Å²) in [5.41, 5.74) is 7.68. The molecular weight excluding hydrogens is 398 g/mol. The number of hydrogen-bond donors (Lipinski definition) is 0. The van der Waals surface area contributed by atoms with Crippen molar-refractivity contribution in [2.75, 3.05) is 14.2 Å². The number of pyridine rings is 1. The van der Waals surface area contributed by atoms with Crippen molar-refractivity contribution < 1.29 is 14.0 Å². The van der Waals surface area contributed by atoms with Crippen LogP contribution in [0.5, 0.6) is 11.5 Å². The maximum Gasteiger partial charge on any atom is 0.296 e. The fourth-order valence-corrected chi connectivity index (χ4v) is 4.51. The Balaban J connectivity index is 1.99. The molecule has 0 unspecified atom stereocenters. The van der Waals surface area contributed by atoms with Gasteiger partial charge in [-0.1, -0.05) is 30.3 Å². The zero-order valence-corrected chi connectivity index (χ0v) is 19.0. The Hall–Kier alpha value is -3.86. The maximum atomic E-state index is 5.68. The highest BCUT2D eigenvalue weighted by Gasteiger charge is 2.23. The van der Waals surface area contributed by atoms with Crippen LogP contribution < -0.4 is 19.3 Å². The number of aryl methyl sites for hydroxylation is 3. The Morgan fingerprint density at radius 1 is 0.969 bits per heavy atom. The van der Waals surface area contributed by atoms with Gasteiger partial charge in [-0.3, -0.25) is 0 Å². The first-order valence-corrected chi connectivity index (χ1v) is 10.6. The summed E-state index contributed by atoms with van der Waals surface area (Å²) in [6, 6.07) is 18.5. The Labute approximate surface area is 187 Å². The van der Waals surface area contributed by atoms with Crippen LogP contribution in [0.25, 0.3) is 33.8 Å². The van der Waals surface area contributed by atoms with Crippen LogP contribution in [0.2, 0.25) is 0 Å². The first-order valence-electron chi connectivity index (χ1n) is 10.6. The van der Waals surface area contributed by atoms with Crippen LogP contribution in [0, 0.1) is 13.8 Å². The van der Waals surface area contributed by atoms with Gasteiger partial charge >= 0.3 is 0 Å². The van der Waals surface area contributed by atoms with E-state index in [0.717, 1.165) is 44.7 Å². The summed E-state index contributed by atoms with van der Waals surface area (Å²) >= 11 is 0. The highest BCUT2D eigenvalue weighted by molar-refractivity contribution is 5.94. The zero-order chi connectivity index (χ0) is 22.4. The van der Waals surface area contributed by atoms with E-state index in [0.29, 0.717) is 0 Å². The van der Waals surface area contributed by atoms with E-state index in [2.05, 4.69) is 65.5 Å². The molecule has 0 radical (unpaired) electrons. The Morgan fingerprint density at radius 2 is 1.75 bits per heavy atom. The number of nitrogens with zero attached hydrogens (tertiary/aromatic N) is 3. The Bertz CT molecular complexity index is 1520. The molecule has 0 aliphatic carbocycles. The lowest BCUT2D eigenvalue weighted by Crippen LogP contribution is -2.29. The smallest absolute Gasteiger partial charge is 0.296 e. The van der Waals surface area contributed by atoms with Gasteiger partial charge in [0, 0.05) is 41.2 Å². The second-order valence-corrected chi connectivity index (χ2v) is 7.98. The van der Waals surface area contributed by atoms with Crippen LogP contribution in [0.3, 0.4) is 0 Å². The molecule has 0 atom stereocenters. The minimum atomic E-state index is 0.789. The highest BCUT2D eigenvalue weighted by atomic mass is 16.5. The standard InChI is InChI=1S/C27H26N3O2/c1-17-25(19-9-7-6-8-10-19)22(16-20-15-21(31-4)11-12-24(20)32-5)27-26-23(13-14-30(17)27)29(3)18(2)28-26/h6-16H,1-5H3/q+1/b22-16+. The second kappa shape index (κ2) is 7.68. The third kappa shape index (κ3) is 3.01. The topological polar surface area (TPSA) is 39.6 Å². The number of methoxy groups -OCH3 is 2. The highest BCUT2D eigenvalue weighted by Crippen LogP contribution is 2.29. The molecule has 0 amide bonds. The molecule has 0 saturated carbocycles. The maximum absolute atomic E-state index is 5.68. The number of imidazole rings is 1. The van der Waals surface area contributed by atoms with Crippen molar-refractivity contribution in [1.29, 1.82) is 0 Å². The SMILES string of the molecule is COc1ccc(OC)c(/C=c2\c(-c3ccccc3)c(C)n3ccc4c(nc(C)[n+]4C)c23)c1. The number of fused-ring (bicyclic) bond motifs is 3. The predicted molar refractivity (Wildman–Crippen MR) is 127 cm³/mol. The molecule has 5 nitrogen and oxygen atoms in total. The molecule has 0 saturated heterocycles. The van der Waals surface area contributed by atoms with Gasteiger partial charge in [0.15, 0.2) is 5.52 Å². The van der Waals surface area contributed by atoms with Gasteiger partial charge in [-0.2, -0.15) is 0 Å². The van der Waals surface area contributed by atoms with E-state index in [1.54, 1.807) is 14.2 Å². The number of ether oxygens (including phenoxy) is 2. The van der Waals surface area contributed by atoms with Crippen molar-refractivity contribution in [3.05, 3.63) is 83.1 Å². The van der Waals surface area contributed by atoms with Crippen molar-refractivity contribution >= 4 is 22.6 Å². The molecule has 0 spiro atoms. The van der Waals surface area contributed by atoms with Gasteiger partial charge in [0.2, 0.25) is 5.52 Å². The summed E-state index contributed by atoms with van der Waals surface area (Å²) in [5, 5.41) is 1.11. The molecule has 5 rings (SSSR count). The van der Waals surface area contributed by atoms with E-state index < -0.39 is 0 Å². The lowest BCUT2D eigenvalue weighted by molar-refractivity contribution is -0.651. The van der Waals surface area contributed by atoms with Crippen LogP contribution in [0.1, 0.15) is 17.1 Å². The van der Waals surface area contributed by atoms with Gasteiger partial charge in [0.1, 0.15) is 17.0 Å². The molecule has 3 aromatic heterocycles. The zero-order valence-electron chi connectivity index (χ0n) is 19.0. The number of aromatic nitrogens is 3. The van der Waals surface area contributed by atoms with E-state index in [-0.39, 0.29) is 0 Å². The van der Waals surface area contributed by atoms with Crippen molar-refractivity contribution in [2.45, 2.75) is 13.8 Å². The summed E-state index contributed by atoms with van der Waals surface area (Å²) in [7, 11) is 5.43. The van der Waals surface area contributed by atoms with Crippen LogP contribution >= 0.6 is 0 Å². The van der Waals surface area contributed by atoms with Gasteiger partial charge in [-0.15, -0.1) is 0 Å². The first-order chi connectivity index (χ1) is 15.5. The Morgan fingerprint density at radius 3 is 2.47 bits per heavy atom. The largest absolute Gasteiger partial charge is 0.497 e. The third-order valence-electron chi connectivity index (χ3n) is 6.26. The van der Waals surface area contributed by atoms with Crippen molar-refractivity contribution in [3.8, 4) is 22.6 Å². The first kappa shape index (κ1) is 20.1. The molecule has 0 aliphatic rings. The Kier molecular flexibility index (Phi) is 4.82. The van der Waals surface area contributed by atoms with Gasteiger partial charge in [-0.05, 0) is 41.7 Å². The van der Waals surface area contributed by atoms with E-state index in [9.17, 15) is 0 Å². The van der Waals surface area contributed by atoms with Gasteiger partial charge in [-0.25, -0.2) is 4.57 Å². The van der Waals surface area contributed by atoms with Crippen molar-refractivity contribution in [2.24, 2.45) is 7.05 Å². The minimum Gasteiger partial charge on any atom is -0.497 e. The second-order valence-electron chi connectivity index (χ2n) is 7.98. The molecule has 0 N–H and O–H groups in total. The monoisotopic (exact) mass is 424 g/mol. The van der Waals surface area contributed by atoms with E-state index in [1.807, 2.05) is 31.2 Å². The van der Waals surface area contributed by atoms with Gasteiger partial charge < -0.3 is 13.9 Å². The van der Waals surface area contributed by atoms with E-state index in [1.165, 1.54) is 16.8 Å². The molecule has 160 valence electrons. The van der Waals surface area contributed by atoms with Gasteiger partial charge in [0.05, 0.1) is 21.3 Å². The van der Waals surface area contributed by atoms with Crippen LogP contribution in [0.4, 0.5) is 0 Å². The average Bonchev–Trinajstić information content (AvgIpc) is 3.27. The fraction of sp³-hybridized carbons (Fsp3) is 0.185. The quantitative estimate of drug-likeness (QED) is 0.407. The molecule has 2 aromatic carbocycles. The summed E-state index contributed by atoms with van der Waals surface area (Å²) in [5.74, 6) is 2.57. The number of benzene rings is 2. The summed E-state index contributed by atoms with van der Waals surface area (Å²) < 4.78 is 15.6. The normalized spacial score (nSPS) is 12.1. The molecule has 0 aliphatic heterocycles. The minimum absolute atomic E-state index is 0.789. The predicted octanol–water partition coefficient (Wildman–Crippen LogP) is 4.16. The number of rotatable bonds is 4. The number of hydrogen-bond acceptors (Lipinski definition) is 3. The molecule has 0 fully saturated rings.